The lowest BCUT2D eigenvalue weighted by Crippen LogP contribution is -2.39. The van der Waals surface area contributed by atoms with Gasteiger partial charge in [0.25, 0.3) is 11.8 Å². The Balaban J connectivity index is 1.73. The van der Waals surface area contributed by atoms with Crippen molar-refractivity contribution in [2.45, 2.75) is 52.0 Å². The van der Waals surface area contributed by atoms with Crippen LogP contribution in [0.25, 0.3) is 0 Å². The van der Waals surface area contributed by atoms with Gasteiger partial charge in [-0.05, 0) is 63.4 Å². The molecule has 172 valence electrons. The van der Waals surface area contributed by atoms with Crippen molar-refractivity contribution in [3.8, 4) is 11.5 Å². The molecule has 1 unspecified atom stereocenters. The molecule has 1 N–H and O–H groups in total. The average Bonchev–Trinajstić information content (AvgIpc) is 2.82. The van der Waals surface area contributed by atoms with E-state index in [1.54, 1.807) is 32.4 Å². The molecule has 1 aliphatic rings. The summed E-state index contributed by atoms with van der Waals surface area (Å²) >= 11 is 0. The minimum Gasteiger partial charge on any atom is -0.493 e. The van der Waals surface area contributed by atoms with Gasteiger partial charge in [0.1, 0.15) is 0 Å². The predicted octanol–water partition coefficient (Wildman–Crippen LogP) is 3.96. The Kier molecular flexibility index (Phi) is 7.72. The lowest BCUT2D eigenvalue weighted by Gasteiger charge is -2.32. The number of benzene rings is 1. The molecular formula is C25H33N3O4. The molecule has 2 heterocycles. The Morgan fingerprint density at radius 1 is 1.12 bits per heavy atom. The van der Waals surface area contributed by atoms with Gasteiger partial charge in [0.15, 0.2) is 11.5 Å². The average molecular weight is 440 g/mol. The number of carbonyl (C=O) groups excluding carboxylic acids is 2. The van der Waals surface area contributed by atoms with Crippen molar-refractivity contribution in [3.63, 3.8) is 0 Å². The fraction of sp³-hybridized carbons (Fsp3) is 0.480. The molecule has 1 aliphatic heterocycles. The first-order valence-electron chi connectivity index (χ1n) is 11.2. The maximum absolute atomic E-state index is 13.0. The highest BCUT2D eigenvalue weighted by atomic mass is 16.5. The van der Waals surface area contributed by atoms with Gasteiger partial charge in [-0.2, -0.15) is 0 Å². The van der Waals surface area contributed by atoms with Gasteiger partial charge in [0, 0.05) is 36.3 Å². The Morgan fingerprint density at radius 3 is 2.44 bits per heavy atom. The summed E-state index contributed by atoms with van der Waals surface area (Å²) in [6.45, 7) is 7.21. The van der Waals surface area contributed by atoms with E-state index in [2.05, 4.69) is 5.32 Å². The lowest BCUT2D eigenvalue weighted by atomic mass is 9.89. The molecule has 7 nitrogen and oxygen atoms in total. The number of ether oxygens (including phenoxy) is 2. The molecule has 2 aromatic rings. The SMILES string of the molecule is CCC(C)NC(=O)c1ccc(C)nc1C1CCN(C(=O)c2ccc(OC)c(OC)c2)CC1. The van der Waals surface area contributed by atoms with Gasteiger partial charge in [-0.25, -0.2) is 0 Å². The number of methoxy groups -OCH3 is 2. The maximum Gasteiger partial charge on any atom is 0.253 e. The number of pyridine rings is 1. The van der Waals surface area contributed by atoms with Crippen LogP contribution in [-0.2, 0) is 0 Å². The molecule has 3 rings (SSSR count). The molecule has 2 amide bonds. The fourth-order valence-electron chi connectivity index (χ4n) is 3.99. The van der Waals surface area contributed by atoms with Gasteiger partial charge in [0.2, 0.25) is 0 Å². The van der Waals surface area contributed by atoms with Crippen molar-refractivity contribution < 1.29 is 19.1 Å². The Morgan fingerprint density at radius 2 is 1.81 bits per heavy atom. The first-order valence-corrected chi connectivity index (χ1v) is 11.2. The van der Waals surface area contributed by atoms with Crippen LogP contribution in [0, 0.1) is 6.92 Å². The molecule has 32 heavy (non-hydrogen) atoms. The molecule has 0 spiro atoms. The Labute approximate surface area is 190 Å². The van der Waals surface area contributed by atoms with Gasteiger partial charge in [-0.15, -0.1) is 0 Å². The zero-order valence-electron chi connectivity index (χ0n) is 19.6. The summed E-state index contributed by atoms with van der Waals surface area (Å²) in [5, 5.41) is 3.05. The van der Waals surface area contributed by atoms with Gasteiger partial charge >= 0.3 is 0 Å². The van der Waals surface area contributed by atoms with Crippen LogP contribution in [0.1, 0.15) is 71.1 Å². The van der Waals surface area contributed by atoms with E-state index in [0.717, 1.165) is 30.7 Å². The minimum atomic E-state index is -0.0781. The van der Waals surface area contributed by atoms with Crippen LogP contribution in [0.3, 0.4) is 0 Å². The van der Waals surface area contributed by atoms with E-state index >= 15 is 0 Å². The monoisotopic (exact) mass is 439 g/mol. The number of aryl methyl sites for hydroxylation is 1. The number of rotatable bonds is 7. The summed E-state index contributed by atoms with van der Waals surface area (Å²) in [6.07, 6.45) is 2.40. The van der Waals surface area contributed by atoms with Crippen molar-refractivity contribution in [3.05, 3.63) is 52.8 Å². The lowest BCUT2D eigenvalue weighted by molar-refractivity contribution is 0.0710. The highest BCUT2D eigenvalue weighted by Gasteiger charge is 2.29. The van der Waals surface area contributed by atoms with Crippen LogP contribution in [0.4, 0.5) is 0 Å². The van der Waals surface area contributed by atoms with Crippen LogP contribution < -0.4 is 14.8 Å². The number of nitrogens with one attached hydrogen (secondary N) is 1. The topological polar surface area (TPSA) is 80.8 Å². The van der Waals surface area contributed by atoms with Gasteiger partial charge in [0.05, 0.1) is 25.5 Å². The second-order valence-electron chi connectivity index (χ2n) is 8.30. The van der Waals surface area contributed by atoms with Crippen molar-refractivity contribution in [1.82, 2.24) is 15.2 Å². The van der Waals surface area contributed by atoms with Crippen molar-refractivity contribution >= 4 is 11.8 Å². The van der Waals surface area contributed by atoms with Crippen molar-refractivity contribution in [2.24, 2.45) is 0 Å². The summed E-state index contributed by atoms with van der Waals surface area (Å²) in [5.74, 6) is 1.16. The molecule has 1 fully saturated rings. The summed E-state index contributed by atoms with van der Waals surface area (Å²) in [7, 11) is 3.13. The van der Waals surface area contributed by atoms with E-state index in [9.17, 15) is 9.59 Å². The van der Waals surface area contributed by atoms with Crippen molar-refractivity contribution in [2.75, 3.05) is 27.3 Å². The molecule has 0 aliphatic carbocycles. The zero-order valence-corrected chi connectivity index (χ0v) is 19.6. The standard InChI is InChI=1S/C25H33N3O4/c1-6-16(2)27-24(29)20-9-7-17(3)26-23(20)18-11-13-28(14-12-18)25(30)19-8-10-21(31-4)22(15-19)32-5/h7-10,15-16,18H,6,11-14H2,1-5H3,(H,27,29). The summed E-state index contributed by atoms with van der Waals surface area (Å²) in [4.78, 5) is 32.4. The zero-order chi connectivity index (χ0) is 23.3. The van der Waals surface area contributed by atoms with E-state index in [-0.39, 0.29) is 23.8 Å². The van der Waals surface area contributed by atoms with Crippen molar-refractivity contribution in [1.29, 1.82) is 0 Å². The molecule has 7 heteroatoms. The molecular weight excluding hydrogens is 406 g/mol. The fourth-order valence-corrected chi connectivity index (χ4v) is 3.99. The molecule has 0 saturated carbocycles. The largest absolute Gasteiger partial charge is 0.493 e. The highest BCUT2D eigenvalue weighted by Crippen LogP contribution is 2.32. The first kappa shape index (κ1) is 23.6. The minimum absolute atomic E-state index is 0.0312. The summed E-state index contributed by atoms with van der Waals surface area (Å²) in [6, 6.07) is 9.08. The normalized spacial score (nSPS) is 15.2. The smallest absolute Gasteiger partial charge is 0.253 e. The van der Waals surface area contributed by atoms with Crippen LogP contribution in [0.5, 0.6) is 11.5 Å². The van der Waals surface area contributed by atoms with Gasteiger partial charge < -0.3 is 19.7 Å². The van der Waals surface area contributed by atoms with E-state index in [0.29, 0.717) is 35.7 Å². The summed E-state index contributed by atoms with van der Waals surface area (Å²) in [5.41, 5.74) is 2.94. The van der Waals surface area contributed by atoms with E-state index in [1.165, 1.54) is 0 Å². The molecule has 1 saturated heterocycles. The van der Waals surface area contributed by atoms with Gasteiger partial charge in [-0.1, -0.05) is 6.92 Å². The van der Waals surface area contributed by atoms with E-state index in [1.807, 2.05) is 37.8 Å². The molecule has 0 radical (unpaired) electrons. The first-order chi connectivity index (χ1) is 15.4. The Bertz CT molecular complexity index is 968. The molecule has 0 bridgehead atoms. The van der Waals surface area contributed by atoms with E-state index in [4.69, 9.17) is 14.5 Å². The second-order valence-corrected chi connectivity index (χ2v) is 8.30. The number of hydrogen-bond acceptors (Lipinski definition) is 5. The van der Waals surface area contributed by atoms with Crippen LogP contribution in [0.15, 0.2) is 30.3 Å². The number of carbonyl (C=O) groups is 2. The van der Waals surface area contributed by atoms with E-state index < -0.39 is 0 Å². The number of amides is 2. The van der Waals surface area contributed by atoms with Crippen LogP contribution >= 0.6 is 0 Å². The third kappa shape index (κ3) is 5.21. The number of hydrogen-bond donors (Lipinski definition) is 1. The second kappa shape index (κ2) is 10.5. The number of likely N-dealkylation sites (tertiary alicyclic amines) is 1. The molecule has 1 atom stereocenters. The number of piperidine rings is 1. The molecule has 1 aromatic carbocycles. The highest BCUT2D eigenvalue weighted by molar-refractivity contribution is 5.96. The van der Waals surface area contributed by atoms with Crippen LogP contribution in [0.2, 0.25) is 0 Å². The van der Waals surface area contributed by atoms with Gasteiger partial charge in [-0.3, -0.25) is 14.6 Å². The van der Waals surface area contributed by atoms with Crippen LogP contribution in [-0.4, -0.2) is 55.0 Å². The predicted molar refractivity (Wildman–Crippen MR) is 124 cm³/mol. The number of aromatic nitrogens is 1. The summed E-state index contributed by atoms with van der Waals surface area (Å²) < 4.78 is 10.6. The quantitative estimate of drug-likeness (QED) is 0.706. The molecule has 1 aromatic heterocycles. The Hall–Kier alpha value is -3.09. The maximum atomic E-state index is 13.0. The third-order valence-corrected chi connectivity index (χ3v) is 6.10. The third-order valence-electron chi connectivity index (χ3n) is 6.10. The number of nitrogens with zero attached hydrogens (tertiary/aromatic N) is 2.